The highest BCUT2D eigenvalue weighted by atomic mass is 32.2. The Hall–Kier alpha value is -2.84. The lowest BCUT2D eigenvalue weighted by atomic mass is 9.89. The molecule has 1 unspecified atom stereocenters. The fourth-order valence-corrected chi connectivity index (χ4v) is 4.39. The number of rotatable bonds is 9. The van der Waals surface area contributed by atoms with Gasteiger partial charge in [0, 0.05) is 0 Å². The second-order valence-electron chi connectivity index (χ2n) is 7.67. The van der Waals surface area contributed by atoms with Gasteiger partial charge in [-0.3, -0.25) is 0 Å². The molecule has 170 valence electrons. The third kappa shape index (κ3) is 7.10. The molecule has 0 aliphatic heterocycles. The summed E-state index contributed by atoms with van der Waals surface area (Å²) in [6.45, 7) is 2.14. The zero-order valence-corrected chi connectivity index (χ0v) is 19.8. The van der Waals surface area contributed by atoms with Crippen LogP contribution in [0.4, 0.5) is 0 Å². The van der Waals surface area contributed by atoms with Crippen LogP contribution in [0.3, 0.4) is 0 Å². The van der Waals surface area contributed by atoms with Crippen molar-refractivity contribution in [2.45, 2.75) is 25.7 Å². The Balaban J connectivity index is 1.69. The molecule has 0 N–H and O–H groups in total. The first-order valence-corrected chi connectivity index (χ1v) is 13.7. The van der Waals surface area contributed by atoms with Crippen molar-refractivity contribution in [3.05, 3.63) is 83.9 Å². The topological polar surface area (TPSA) is 86.7 Å². The maximum atomic E-state index is 11.2. The van der Waals surface area contributed by atoms with Crippen molar-refractivity contribution < 1.29 is 25.2 Å². The minimum atomic E-state index is -3.54. The van der Waals surface area contributed by atoms with Crippen molar-refractivity contribution in [1.82, 2.24) is 0 Å². The first kappa shape index (κ1) is 23.8. The van der Waals surface area contributed by atoms with E-state index in [-0.39, 0.29) is 5.75 Å². The number of hydrogen-bond acceptors (Lipinski definition) is 6. The average Bonchev–Trinajstić information content (AvgIpc) is 2.72. The highest BCUT2D eigenvalue weighted by Gasteiger charge is 2.12. The smallest absolute Gasteiger partial charge is 0.306 e. The third-order valence-corrected chi connectivity index (χ3v) is 5.95. The van der Waals surface area contributed by atoms with E-state index in [9.17, 15) is 16.8 Å². The van der Waals surface area contributed by atoms with E-state index in [0.717, 1.165) is 42.0 Å². The third-order valence-electron chi connectivity index (χ3n) is 4.96. The lowest BCUT2D eigenvalue weighted by Crippen LogP contribution is -2.06. The fraction of sp³-hybridized carbons (Fsp3) is 0.250. The molecule has 3 rings (SSSR count). The molecule has 0 saturated heterocycles. The Kier molecular flexibility index (Phi) is 7.26. The van der Waals surface area contributed by atoms with Gasteiger partial charge >= 0.3 is 20.2 Å². The summed E-state index contributed by atoms with van der Waals surface area (Å²) in [5, 5.41) is 0. The first-order chi connectivity index (χ1) is 15.0. The fourth-order valence-electron chi connectivity index (χ4n) is 3.46. The summed E-state index contributed by atoms with van der Waals surface area (Å²) in [6, 6.07) is 22.3. The van der Waals surface area contributed by atoms with Crippen LogP contribution in [0.25, 0.3) is 11.1 Å². The van der Waals surface area contributed by atoms with Gasteiger partial charge in [0.2, 0.25) is 0 Å². The summed E-state index contributed by atoms with van der Waals surface area (Å²) in [5.74, 6) is 0.907. The largest absolute Gasteiger partial charge is 0.383 e. The molecule has 8 heteroatoms. The van der Waals surface area contributed by atoms with Gasteiger partial charge < -0.3 is 8.37 Å². The van der Waals surface area contributed by atoms with Gasteiger partial charge in [-0.15, -0.1) is 0 Å². The highest BCUT2D eigenvalue weighted by molar-refractivity contribution is 7.86. The van der Waals surface area contributed by atoms with Crippen molar-refractivity contribution in [3.8, 4) is 22.6 Å². The van der Waals surface area contributed by atoms with E-state index in [2.05, 4.69) is 19.1 Å². The maximum Gasteiger partial charge on any atom is 0.306 e. The molecule has 6 nitrogen and oxygen atoms in total. The van der Waals surface area contributed by atoms with Crippen LogP contribution in [0, 0.1) is 0 Å². The summed E-state index contributed by atoms with van der Waals surface area (Å²) in [6.07, 6.45) is 3.82. The van der Waals surface area contributed by atoms with Crippen molar-refractivity contribution in [3.63, 3.8) is 0 Å². The zero-order chi connectivity index (χ0) is 23.4. The molecule has 0 radical (unpaired) electrons. The predicted octanol–water partition coefficient (Wildman–Crippen LogP) is 4.77. The minimum absolute atomic E-state index is 0.284. The molecule has 0 aliphatic rings. The summed E-state index contributed by atoms with van der Waals surface area (Å²) in [5.41, 5.74) is 4.30. The molecule has 0 heterocycles. The maximum absolute atomic E-state index is 11.2. The monoisotopic (exact) mass is 474 g/mol. The van der Waals surface area contributed by atoms with Crippen LogP contribution >= 0.6 is 0 Å². The molecule has 0 spiro atoms. The van der Waals surface area contributed by atoms with E-state index >= 15 is 0 Å². The molecule has 0 saturated carbocycles. The van der Waals surface area contributed by atoms with Crippen LogP contribution in [0.1, 0.15) is 30.4 Å². The van der Waals surface area contributed by atoms with E-state index in [0.29, 0.717) is 11.7 Å². The lowest BCUT2D eigenvalue weighted by Gasteiger charge is -2.16. The Morgan fingerprint density at radius 3 is 1.47 bits per heavy atom. The molecule has 0 amide bonds. The van der Waals surface area contributed by atoms with E-state index < -0.39 is 20.2 Å². The van der Waals surface area contributed by atoms with Crippen LogP contribution in [0.2, 0.25) is 0 Å². The van der Waals surface area contributed by atoms with Crippen LogP contribution < -0.4 is 8.37 Å². The Bertz CT molecular complexity index is 1250. The first-order valence-electron chi connectivity index (χ1n) is 10.1. The lowest BCUT2D eigenvalue weighted by molar-refractivity contribution is 0.491. The van der Waals surface area contributed by atoms with Crippen LogP contribution in [-0.4, -0.2) is 29.3 Å². The Labute approximate surface area is 190 Å². The summed E-state index contributed by atoms with van der Waals surface area (Å²) >= 11 is 0. The Morgan fingerprint density at radius 1 is 0.656 bits per heavy atom. The molecule has 3 aromatic carbocycles. The van der Waals surface area contributed by atoms with Crippen molar-refractivity contribution in [2.24, 2.45) is 0 Å². The molecular formula is C24H26O6S2. The SMILES string of the molecule is CCC(Cc1ccc(OS(C)(=O)=O)cc1)c1ccc(-c2ccc(OS(C)(=O)=O)cc2)cc1. The normalized spacial score (nSPS) is 12.8. The molecule has 3 aromatic rings. The quantitative estimate of drug-likeness (QED) is 0.415. The van der Waals surface area contributed by atoms with Gasteiger partial charge in [-0.2, -0.15) is 16.8 Å². The minimum Gasteiger partial charge on any atom is -0.383 e. The molecule has 0 aromatic heterocycles. The van der Waals surface area contributed by atoms with E-state index in [4.69, 9.17) is 8.37 Å². The van der Waals surface area contributed by atoms with Gasteiger partial charge in [-0.25, -0.2) is 0 Å². The van der Waals surface area contributed by atoms with E-state index in [1.54, 1.807) is 24.3 Å². The molecule has 32 heavy (non-hydrogen) atoms. The molecule has 0 bridgehead atoms. The standard InChI is InChI=1S/C24H26O6S2/c1-4-19(17-18-5-13-23(14-6-18)29-31(2,25)26)20-7-9-21(10-8-20)22-11-15-24(16-12-22)30-32(3,27)28/h5-16,19H,4,17H2,1-3H3. The molecule has 1 atom stereocenters. The van der Waals surface area contributed by atoms with Gasteiger partial charge in [-0.05, 0) is 65.3 Å². The Morgan fingerprint density at radius 2 is 1.06 bits per heavy atom. The van der Waals surface area contributed by atoms with Gasteiger partial charge in [0.1, 0.15) is 11.5 Å². The van der Waals surface area contributed by atoms with Crippen LogP contribution in [-0.2, 0) is 26.7 Å². The zero-order valence-electron chi connectivity index (χ0n) is 18.2. The van der Waals surface area contributed by atoms with Gasteiger partial charge in [0.05, 0.1) is 12.5 Å². The van der Waals surface area contributed by atoms with Crippen LogP contribution in [0.15, 0.2) is 72.8 Å². The van der Waals surface area contributed by atoms with E-state index in [1.165, 1.54) is 5.56 Å². The number of hydrogen-bond donors (Lipinski definition) is 0. The molecule has 0 fully saturated rings. The number of benzene rings is 3. The van der Waals surface area contributed by atoms with Crippen LogP contribution in [0.5, 0.6) is 11.5 Å². The van der Waals surface area contributed by atoms with Crippen molar-refractivity contribution >= 4 is 20.2 Å². The second kappa shape index (κ2) is 9.75. The second-order valence-corrected chi connectivity index (χ2v) is 10.8. The van der Waals surface area contributed by atoms with Gasteiger partial charge in [0.15, 0.2) is 0 Å². The molecule has 0 aliphatic carbocycles. The summed E-state index contributed by atoms with van der Waals surface area (Å²) < 4.78 is 54.7. The van der Waals surface area contributed by atoms with Crippen molar-refractivity contribution in [1.29, 1.82) is 0 Å². The molecular weight excluding hydrogens is 448 g/mol. The van der Waals surface area contributed by atoms with Gasteiger partial charge in [-0.1, -0.05) is 55.5 Å². The van der Waals surface area contributed by atoms with Crippen molar-refractivity contribution in [2.75, 3.05) is 12.5 Å². The van der Waals surface area contributed by atoms with E-state index in [1.807, 2.05) is 36.4 Å². The summed E-state index contributed by atoms with van der Waals surface area (Å²) in [4.78, 5) is 0. The predicted molar refractivity (Wildman–Crippen MR) is 126 cm³/mol. The summed E-state index contributed by atoms with van der Waals surface area (Å²) in [7, 11) is -7.08. The highest BCUT2D eigenvalue weighted by Crippen LogP contribution is 2.29. The average molecular weight is 475 g/mol. The van der Waals surface area contributed by atoms with Gasteiger partial charge in [0.25, 0.3) is 0 Å².